The summed E-state index contributed by atoms with van der Waals surface area (Å²) < 4.78 is 0. The lowest BCUT2D eigenvalue weighted by atomic mass is 9.88. The van der Waals surface area contributed by atoms with Gasteiger partial charge >= 0.3 is 0 Å². The summed E-state index contributed by atoms with van der Waals surface area (Å²) in [5.74, 6) is 0.663. The molecule has 0 aromatic heterocycles. The Labute approximate surface area is 131 Å². The lowest BCUT2D eigenvalue weighted by molar-refractivity contribution is 0.286. The maximum absolute atomic E-state index is 9.25. The van der Waals surface area contributed by atoms with Gasteiger partial charge in [-0.05, 0) is 56.3 Å². The molecule has 0 radical (unpaired) electrons. The molecule has 2 aliphatic rings. The van der Waals surface area contributed by atoms with Crippen LogP contribution < -0.4 is 10.6 Å². The van der Waals surface area contributed by atoms with E-state index in [9.17, 15) is 5.26 Å². The van der Waals surface area contributed by atoms with E-state index in [-0.39, 0.29) is 0 Å². The Balaban J connectivity index is 1.74. The average molecular weight is 304 g/mol. The maximum atomic E-state index is 9.25. The second-order valence-corrected chi connectivity index (χ2v) is 6.64. The quantitative estimate of drug-likeness (QED) is 0.889. The predicted octanol–water partition coefficient (Wildman–Crippen LogP) is 3.93. The van der Waals surface area contributed by atoms with E-state index in [0.29, 0.717) is 28.6 Å². The van der Waals surface area contributed by atoms with Gasteiger partial charge in [0.05, 0.1) is 11.3 Å². The van der Waals surface area contributed by atoms with Gasteiger partial charge in [0.2, 0.25) is 0 Å². The van der Waals surface area contributed by atoms with Crippen LogP contribution in [0.4, 0.5) is 5.69 Å². The lowest BCUT2D eigenvalue weighted by Gasteiger charge is -2.33. The molecule has 2 fully saturated rings. The fraction of sp³-hybridized carbons (Fsp3) is 0.588. The van der Waals surface area contributed by atoms with Crippen molar-refractivity contribution >= 4 is 17.3 Å². The van der Waals surface area contributed by atoms with Crippen LogP contribution in [0.5, 0.6) is 0 Å². The fourth-order valence-electron chi connectivity index (χ4n) is 3.83. The molecule has 0 spiro atoms. The molecular formula is C17H22ClN3. The SMILES string of the molecule is N#Cc1ccc(Cl)cc1NC1CCCC1C1CCCCN1. The molecule has 1 aliphatic heterocycles. The highest BCUT2D eigenvalue weighted by Gasteiger charge is 2.34. The molecule has 1 saturated carbocycles. The normalized spacial score (nSPS) is 29.0. The molecule has 2 N–H and O–H groups in total. The Morgan fingerprint density at radius 3 is 2.86 bits per heavy atom. The standard InChI is InChI=1S/C17H22ClN3/c18-13-8-7-12(11-19)17(10-13)21-16-6-3-4-14(16)15-5-1-2-9-20-15/h7-8,10,14-16,20-21H,1-6,9H2. The zero-order valence-corrected chi connectivity index (χ0v) is 13.0. The average Bonchev–Trinajstić information content (AvgIpc) is 2.96. The molecule has 0 bridgehead atoms. The molecule has 1 aliphatic carbocycles. The van der Waals surface area contributed by atoms with Crippen LogP contribution in [0.2, 0.25) is 5.02 Å². The van der Waals surface area contributed by atoms with Gasteiger partial charge in [0.25, 0.3) is 0 Å². The molecule has 4 heteroatoms. The van der Waals surface area contributed by atoms with Crippen LogP contribution in [0, 0.1) is 17.2 Å². The molecule has 1 aromatic carbocycles. The summed E-state index contributed by atoms with van der Waals surface area (Å²) in [4.78, 5) is 0. The third kappa shape index (κ3) is 3.33. The molecule has 1 aromatic rings. The first kappa shape index (κ1) is 14.7. The smallest absolute Gasteiger partial charge is 0.101 e. The van der Waals surface area contributed by atoms with E-state index in [1.807, 2.05) is 6.07 Å². The first-order valence-corrected chi connectivity index (χ1v) is 8.35. The van der Waals surface area contributed by atoms with Crippen molar-refractivity contribution < 1.29 is 0 Å². The van der Waals surface area contributed by atoms with Gasteiger partial charge in [0.15, 0.2) is 0 Å². The van der Waals surface area contributed by atoms with E-state index in [1.165, 1.54) is 38.5 Å². The van der Waals surface area contributed by atoms with Crippen LogP contribution in [0.15, 0.2) is 18.2 Å². The number of nitriles is 1. The summed E-state index contributed by atoms with van der Waals surface area (Å²) in [7, 11) is 0. The van der Waals surface area contributed by atoms with E-state index in [4.69, 9.17) is 11.6 Å². The van der Waals surface area contributed by atoms with Crippen molar-refractivity contribution in [1.29, 1.82) is 5.26 Å². The molecular weight excluding hydrogens is 282 g/mol. The second kappa shape index (κ2) is 6.68. The molecule has 3 unspecified atom stereocenters. The van der Waals surface area contributed by atoms with Crippen molar-refractivity contribution in [2.75, 3.05) is 11.9 Å². The van der Waals surface area contributed by atoms with Crippen LogP contribution in [0.1, 0.15) is 44.1 Å². The van der Waals surface area contributed by atoms with Gasteiger partial charge in [-0.3, -0.25) is 0 Å². The monoisotopic (exact) mass is 303 g/mol. The molecule has 21 heavy (non-hydrogen) atoms. The van der Waals surface area contributed by atoms with Crippen LogP contribution in [-0.2, 0) is 0 Å². The van der Waals surface area contributed by atoms with Gasteiger partial charge < -0.3 is 10.6 Å². The van der Waals surface area contributed by atoms with Gasteiger partial charge in [-0.1, -0.05) is 24.4 Å². The van der Waals surface area contributed by atoms with E-state index >= 15 is 0 Å². The van der Waals surface area contributed by atoms with Gasteiger partial charge in [-0.25, -0.2) is 0 Å². The van der Waals surface area contributed by atoms with Crippen molar-refractivity contribution in [3.8, 4) is 6.07 Å². The Hall–Kier alpha value is -1.24. The predicted molar refractivity (Wildman–Crippen MR) is 86.6 cm³/mol. The van der Waals surface area contributed by atoms with Crippen LogP contribution in [0.25, 0.3) is 0 Å². The zero-order chi connectivity index (χ0) is 14.7. The minimum atomic E-state index is 0.450. The Morgan fingerprint density at radius 1 is 1.19 bits per heavy atom. The number of hydrogen-bond donors (Lipinski definition) is 2. The third-order valence-corrected chi connectivity index (χ3v) is 5.11. The van der Waals surface area contributed by atoms with E-state index < -0.39 is 0 Å². The number of piperidine rings is 1. The highest BCUT2D eigenvalue weighted by atomic mass is 35.5. The molecule has 1 saturated heterocycles. The largest absolute Gasteiger partial charge is 0.381 e. The zero-order valence-electron chi connectivity index (χ0n) is 12.2. The minimum Gasteiger partial charge on any atom is -0.381 e. The summed E-state index contributed by atoms with van der Waals surface area (Å²) in [5.41, 5.74) is 1.57. The Bertz CT molecular complexity index is 531. The molecule has 3 rings (SSSR count). The van der Waals surface area contributed by atoms with Gasteiger partial charge in [-0.15, -0.1) is 0 Å². The number of halogens is 1. The van der Waals surface area contributed by atoms with Crippen molar-refractivity contribution in [1.82, 2.24) is 5.32 Å². The van der Waals surface area contributed by atoms with Gasteiger partial charge in [-0.2, -0.15) is 5.26 Å². The highest BCUT2D eigenvalue weighted by molar-refractivity contribution is 6.30. The number of benzene rings is 1. The fourth-order valence-corrected chi connectivity index (χ4v) is 4.00. The second-order valence-electron chi connectivity index (χ2n) is 6.20. The first-order chi connectivity index (χ1) is 10.3. The molecule has 1 heterocycles. The van der Waals surface area contributed by atoms with Gasteiger partial charge in [0.1, 0.15) is 6.07 Å². The third-order valence-electron chi connectivity index (χ3n) is 4.88. The van der Waals surface area contributed by atoms with Gasteiger partial charge in [0, 0.05) is 17.1 Å². The highest BCUT2D eigenvalue weighted by Crippen LogP contribution is 2.34. The van der Waals surface area contributed by atoms with Crippen LogP contribution >= 0.6 is 11.6 Å². The van der Waals surface area contributed by atoms with Crippen molar-refractivity contribution in [2.45, 2.75) is 50.6 Å². The lowest BCUT2D eigenvalue weighted by Crippen LogP contribution is -2.44. The first-order valence-electron chi connectivity index (χ1n) is 7.97. The van der Waals surface area contributed by atoms with Crippen molar-refractivity contribution in [3.05, 3.63) is 28.8 Å². The number of anilines is 1. The number of hydrogen-bond acceptors (Lipinski definition) is 3. The summed E-state index contributed by atoms with van der Waals surface area (Å²) in [6.07, 6.45) is 7.64. The summed E-state index contributed by atoms with van der Waals surface area (Å²) >= 11 is 6.08. The Kier molecular flexibility index (Phi) is 4.67. The van der Waals surface area contributed by atoms with Crippen LogP contribution in [-0.4, -0.2) is 18.6 Å². The van der Waals surface area contributed by atoms with Crippen molar-refractivity contribution in [3.63, 3.8) is 0 Å². The molecule has 0 amide bonds. The summed E-state index contributed by atoms with van der Waals surface area (Å²) in [6, 6.07) is 8.79. The number of nitrogens with one attached hydrogen (secondary N) is 2. The molecule has 112 valence electrons. The summed E-state index contributed by atoms with van der Waals surface area (Å²) in [5, 5.41) is 17.2. The Morgan fingerprint density at radius 2 is 2.10 bits per heavy atom. The summed E-state index contributed by atoms with van der Waals surface area (Å²) in [6.45, 7) is 1.15. The van der Waals surface area contributed by atoms with Crippen LogP contribution in [0.3, 0.4) is 0 Å². The van der Waals surface area contributed by atoms with E-state index in [1.54, 1.807) is 12.1 Å². The van der Waals surface area contributed by atoms with Crippen molar-refractivity contribution in [2.24, 2.45) is 5.92 Å². The molecule has 3 nitrogen and oxygen atoms in total. The van der Waals surface area contributed by atoms with E-state index in [0.717, 1.165) is 12.2 Å². The molecule has 3 atom stereocenters. The minimum absolute atomic E-state index is 0.450. The topological polar surface area (TPSA) is 47.9 Å². The number of rotatable bonds is 3. The number of nitrogens with zero attached hydrogens (tertiary/aromatic N) is 1. The maximum Gasteiger partial charge on any atom is 0.101 e. The van der Waals surface area contributed by atoms with E-state index in [2.05, 4.69) is 16.7 Å².